The monoisotopic (exact) mass is 902 g/mol. The number of rotatable bonds is 9. The minimum atomic E-state index is 1.11. The third-order valence-electron chi connectivity index (χ3n) is 13.2. The lowest BCUT2D eigenvalue weighted by Crippen LogP contribution is -2.10. The molecule has 11 aromatic carbocycles. The van der Waals surface area contributed by atoms with E-state index in [0.717, 1.165) is 34.1 Å². The van der Waals surface area contributed by atoms with Crippen LogP contribution in [0.3, 0.4) is 0 Å². The van der Waals surface area contributed by atoms with Gasteiger partial charge in [0.25, 0.3) is 0 Å². The highest BCUT2D eigenvalue weighted by Crippen LogP contribution is 2.49. The van der Waals surface area contributed by atoms with E-state index < -0.39 is 0 Å². The molecule has 0 bridgehead atoms. The molecule has 13 aromatic rings. The van der Waals surface area contributed by atoms with Gasteiger partial charge in [0.1, 0.15) is 0 Å². The number of fused-ring (bicyclic) bond motifs is 7. The topological polar surface area (TPSA) is 6.48 Å². The second kappa shape index (κ2) is 16.9. The van der Waals surface area contributed by atoms with Gasteiger partial charge in [0.15, 0.2) is 0 Å². The number of nitrogens with zero attached hydrogens (tertiary/aromatic N) is 2. The van der Waals surface area contributed by atoms with Gasteiger partial charge in [-0.2, -0.15) is 0 Å². The van der Waals surface area contributed by atoms with Crippen LogP contribution in [0.25, 0.3) is 84.5 Å². The molecule has 0 aliphatic heterocycles. The summed E-state index contributed by atoms with van der Waals surface area (Å²) in [4.78, 5) is 4.87. The van der Waals surface area contributed by atoms with Crippen LogP contribution in [0.15, 0.2) is 255 Å². The molecule has 0 amide bonds. The van der Waals surface area contributed by atoms with Crippen LogP contribution in [0.5, 0.6) is 0 Å². The number of para-hydroxylation sites is 2. The van der Waals surface area contributed by atoms with Gasteiger partial charge in [-0.3, -0.25) is 0 Å². The summed E-state index contributed by atoms with van der Waals surface area (Å²) < 4.78 is 5.12. The fourth-order valence-corrected chi connectivity index (χ4v) is 12.4. The summed E-state index contributed by atoms with van der Waals surface area (Å²) in [6.45, 7) is 0. The van der Waals surface area contributed by atoms with Crippen LogP contribution in [0.1, 0.15) is 0 Å². The van der Waals surface area contributed by atoms with Crippen molar-refractivity contribution in [1.29, 1.82) is 0 Å². The molecular formula is C64H42N2S2. The molecule has 320 valence electrons. The van der Waals surface area contributed by atoms with Crippen molar-refractivity contribution in [3.05, 3.63) is 255 Å². The Kier molecular flexibility index (Phi) is 9.93. The second-order valence-corrected chi connectivity index (χ2v) is 19.4. The first kappa shape index (κ1) is 40.0. The predicted octanol–water partition coefficient (Wildman–Crippen LogP) is 19.5. The van der Waals surface area contributed by atoms with E-state index in [4.69, 9.17) is 0 Å². The molecule has 68 heavy (non-hydrogen) atoms. The lowest BCUT2D eigenvalue weighted by molar-refractivity contribution is 1.30. The van der Waals surface area contributed by atoms with E-state index in [1.54, 1.807) is 0 Å². The lowest BCUT2D eigenvalue weighted by atomic mass is 9.96. The standard InChI is InChI=1S/C64H42N2S2/c1-4-17-43(18-5-1)44-35-37-51(38-36-44)65(49-21-6-2-7-22-49)60-40-48(39-57-54-26-12-15-30-62(54)68-64(57)60)45-31-33-47(34-32-45)56-41-52(42-58-55-27-13-14-29-61(55)67-63(56)58)66(50-23-8-3-9-24-50)59-28-16-20-46-19-10-11-25-53(46)59/h1-42H. The van der Waals surface area contributed by atoms with Crippen molar-refractivity contribution in [2.24, 2.45) is 0 Å². The molecule has 0 aliphatic carbocycles. The number of thiophene rings is 2. The number of benzene rings is 11. The molecule has 2 nitrogen and oxygen atoms in total. The maximum absolute atomic E-state index is 2.43. The largest absolute Gasteiger partial charge is 0.310 e. The molecule has 2 aromatic heterocycles. The van der Waals surface area contributed by atoms with Crippen molar-refractivity contribution in [2.45, 2.75) is 0 Å². The van der Waals surface area contributed by atoms with Crippen molar-refractivity contribution in [3.63, 3.8) is 0 Å². The van der Waals surface area contributed by atoms with Gasteiger partial charge in [-0.05, 0) is 112 Å². The summed E-state index contributed by atoms with van der Waals surface area (Å²) in [6, 6.07) is 93.1. The van der Waals surface area contributed by atoms with Crippen LogP contribution in [0.4, 0.5) is 34.1 Å². The summed E-state index contributed by atoms with van der Waals surface area (Å²) in [6.07, 6.45) is 0. The number of anilines is 6. The molecule has 2 heterocycles. The zero-order valence-electron chi connectivity index (χ0n) is 37.0. The zero-order valence-corrected chi connectivity index (χ0v) is 38.6. The molecule has 0 saturated heterocycles. The van der Waals surface area contributed by atoms with Crippen LogP contribution < -0.4 is 9.80 Å². The highest BCUT2D eigenvalue weighted by Gasteiger charge is 2.22. The van der Waals surface area contributed by atoms with E-state index >= 15 is 0 Å². The first-order valence-corrected chi connectivity index (χ1v) is 24.7. The van der Waals surface area contributed by atoms with Gasteiger partial charge >= 0.3 is 0 Å². The van der Waals surface area contributed by atoms with Gasteiger partial charge in [0.2, 0.25) is 0 Å². The maximum Gasteiger partial charge on any atom is 0.0646 e. The third-order valence-corrected chi connectivity index (χ3v) is 15.6. The minimum absolute atomic E-state index is 1.11. The van der Waals surface area contributed by atoms with E-state index in [1.165, 1.54) is 84.5 Å². The maximum atomic E-state index is 2.43. The Balaban J connectivity index is 0.979. The van der Waals surface area contributed by atoms with Gasteiger partial charge in [-0.25, -0.2) is 0 Å². The first-order chi connectivity index (χ1) is 33.7. The van der Waals surface area contributed by atoms with E-state index in [0.29, 0.717) is 0 Å². The van der Waals surface area contributed by atoms with Gasteiger partial charge < -0.3 is 9.80 Å². The van der Waals surface area contributed by atoms with Crippen molar-refractivity contribution in [1.82, 2.24) is 0 Å². The van der Waals surface area contributed by atoms with Crippen molar-refractivity contribution in [3.8, 4) is 33.4 Å². The Morgan fingerprint density at radius 3 is 1.40 bits per heavy atom. The van der Waals surface area contributed by atoms with E-state index in [-0.39, 0.29) is 0 Å². The summed E-state index contributed by atoms with van der Waals surface area (Å²) in [5.74, 6) is 0. The Labute approximate surface area is 403 Å². The summed E-state index contributed by atoms with van der Waals surface area (Å²) in [7, 11) is 0. The molecule has 0 saturated carbocycles. The average Bonchev–Trinajstić information content (AvgIpc) is 3.99. The molecule has 0 radical (unpaired) electrons. The second-order valence-electron chi connectivity index (χ2n) is 17.3. The van der Waals surface area contributed by atoms with Gasteiger partial charge in [-0.15, -0.1) is 22.7 Å². The smallest absolute Gasteiger partial charge is 0.0646 e. The number of hydrogen-bond donors (Lipinski definition) is 0. The normalized spacial score (nSPS) is 11.5. The van der Waals surface area contributed by atoms with Crippen LogP contribution in [0, 0.1) is 0 Å². The average molecular weight is 903 g/mol. The molecular weight excluding hydrogens is 861 g/mol. The van der Waals surface area contributed by atoms with Gasteiger partial charge in [0, 0.05) is 69.3 Å². The van der Waals surface area contributed by atoms with Crippen LogP contribution >= 0.6 is 22.7 Å². The Morgan fingerprint density at radius 2 is 0.721 bits per heavy atom. The Morgan fingerprint density at radius 1 is 0.250 bits per heavy atom. The Hall–Kier alpha value is -8.28. The fourth-order valence-electron chi connectivity index (χ4n) is 9.98. The summed E-state index contributed by atoms with van der Waals surface area (Å²) in [5, 5.41) is 7.51. The van der Waals surface area contributed by atoms with Gasteiger partial charge in [-0.1, -0.05) is 176 Å². The molecule has 0 atom stereocenters. The van der Waals surface area contributed by atoms with Crippen molar-refractivity contribution < 1.29 is 0 Å². The third kappa shape index (κ3) is 7.01. The summed E-state index contributed by atoms with van der Waals surface area (Å²) >= 11 is 3.75. The van der Waals surface area contributed by atoms with E-state index in [2.05, 4.69) is 265 Å². The predicted molar refractivity (Wildman–Crippen MR) is 295 cm³/mol. The highest BCUT2D eigenvalue weighted by molar-refractivity contribution is 7.26. The minimum Gasteiger partial charge on any atom is -0.310 e. The van der Waals surface area contributed by atoms with Crippen LogP contribution in [-0.4, -0.2) is 0 Å². The van der Waals surface area contributed by atoms with Crippen molar-refractivity contribution >= 4 is 108 Å². The molecule has 0 aliphatic rings. The van der Waals surface area contributed by atoms with Crippen LogP contribution in [-0.2, 0) is 0 Å². The van der Waals surface area contributed by atoms with E-state index in [1.807, 2.05) is 22.7 Å². The quantitative estimate of drug-likeness (QED) is 0.142. The Bertz CT molecular complexity index is 3950. The number of hydrogen-bond acceptors (Lipinski definition) is 4. The molecule has 0 spiro atoms. The van der Waals surface area contributed by atoms with Crippen molar-refractivity contribution in [2.75, 3.05) is 9.80 Å². The molecule has 0 N–H and O–H groups in total. The van der Waals surface area contributed by atoms with Crippen LogP contribution in [0.2, 0.25) is 0 Å². The molecule has 13 rings (SSSR count). The lowest BCUT2D eigenvalue weighted by Gasteiger charge is -2.27. The van der Waals surface area contributed by atoms with Gasteiger partial charge in [0.05, 0.1) is 16.1 Å². The summed E-state index contributed by atoms with van der Waals surface area (Å²) in [5.41, 5.74) is 14.0. The molecule has 0 unspecified atom stereocenters. The SMILES string of the molecule is c1ccc(-c2ccc(N(c3ccccc3)c3cc(-c4ccc(-c5cc(N(c6ccccc6)c6cccc7ccccc67)cc6c5sc5ccccc56)cc4)cc4c3sc3ccccc34)cc2)cc1. The molecule has 0 fully saturated rings. The first-order valence-electron chi connectivity index (χ1n) is 23.1. The molecule has 4 heteroatoms. The fraction of sp³-hybridized carbons (Fsp3) is 0. The zero-order chi connectivity index (χ0) is 45.0. The van der Waals surface area contributed by atoms with E-state index in [9.17, 15) is 0 Å². The highest BCUT2D eigenvalue weighted by atomic mass is 32.1.